The van der Waals surface area contributed by atoms with Crippen LogP contribution in [0.2, 0.25) is 0 Å². The summed E-state index contributed by atoms with van der Waals surface area (Å²) >= 11 is 0. The lowest BCUT2D eigenvalue weighted by Crippen LogP contribution is -2.47. The van der Waals surface area contributed by atoms with Crippen LogP contribution in [0.3, 0.4) is 0 Å². The van der Waals surface area contributed by atoms with Crippen molar-refractivity contribution in [3.63, 3.8) is 0 Å². The van der Waals surface area contributed by atoms with E-state index in [0.29, 0.717) is 12.5 Å². The van der Waals surface area contributed by atoms with Crippen LogP contribution in [0.15, 0.2) is 0 Å². The van der Waals surface area contributed by atoms with Crippen molar-refractivity contribution in [2.24, 2.45) is 16.7 Å². The lowest BCUT2D eigenvalue weighted by Gasteiger charge is -2.43. The maximum atomic E-state index is 6.18. The second-order valence-corrected chi connectivity index (χ2v) is 8.25. The van der Waals surface area contributed by atoms with Gasteiger partial charge in [0.15, 0.2) is 5.79 Å². The van der Waals surface area contributed by atoms with Crippen molar-refractivity contribution in [2.75, 3.05) is 13.2 Å². The molecule has 2 heteroatoms. The van der Waals surface area contributed by atoms with Crippen LogP contribution in [0.5, 0.6) is 0 Å². The molecular formula is C17H36O2. The molecule has 19 heavy (non-hydrogen) atoms. The van der Waals surface area contributed by atoms with Gasteiger partial charge in [-0.15, -0.1) is 0 Å². The second-order valence-electron chi connectivity index (χ2n) is 8.25. The van der Waals surface area contributed by atoms with E-state index in [4.69, 9.17) is 9.47 Å². The van der Waals surface area contributed by atoms with Gasteiger partial charge < -0.3 is 9.47 Å². The van der Waals surface area contributed by atoms with Crippen molar-refractivity contribution >= 4 is 0 Å². The minimum absolute atomic E-state index is 0.0375. The third-order valence-electron chi connectivity index (χ3n) is 3.57. The summed E-state index contributed by atoms with van der Waals surface area (Å²) in [5, 5.41) is 0. The van der Waals surface area contributed by atoms with E-state index in [1.807, 2.05) is 0 Å². The highest BCUT2D eigenvalue weighted by molar-refractivity contribution is 4.81. The summed E-state index contributed by atoms with van der Waals surface area (Å²) in [5.74, 6) is 0.0624. The molecule has 0 fully saturated rings. The average molecular weight is 272 g/mol. The van der Waals surface area contributed by atoms with Crippen LogP contribution in [0.25, 0.3) is 0 Å². The maximum Gasteiger partial charge on any atom is 0.170 e. The van der Waals surface area contributed by atoms with Crippen molar-refractivity contribution in [3.05, 3.63) is 0 Å². The second kappa shape index (κ2) is 7.08. The topological polar surface area (TPSA) is 18.5 Å². The molecule has 2 unspecified atom stereocenters. The van der Waals surface area contributed by atoms with E-state index in [1.54, 1.807) is 0 Å². The Labute approximate surface area is 121 Å². The van der Waals surface area contributed by atoms with E-state index in [1.165, 1.54) is 12.8 Å². The summed E-state index contributed by atoms with van der Waals surface area (Å²) in [4.78, 5) is 0. The molecule has 0 radical (unpaired) electrons. The largest absolute Gasteiger partial charge is 0.349 e. The van der Waals surface area contributed by atoms with Gasteiger partial charge in [-0.1, -0.05) is 61.8 Å². The molecular weight excluding hydrogens is 236 g/mol. The van der Waals surface area contributed by atoms with E-state index >= 15 is 0 Å². The van der Waals surface area contributed by atoms with Crippen LogP contribution in [0, 0.1) is 16.7 Å². The zero-order valence-corrected chi connectivity index (χ0v) is 14.7. The number of hydrogen-bond donors (Lipinski definition) is 0. The van der Waals surface area contributed by atoms with E-state index in [2.05, 4.69) is 62.3 Å². The molecule has 0 aliphatic carbocycles. The Bertz CT molecular complexity index is 247. The Morgan fingerprint density at radius 2 is 1.42 bits per heavy atom. The van der Waals surface area contributed by atoms with E-state index < -0.39 is 5.79 Å². The average Bonchev–Trinajstić information content (AvgIpc) is 2.21. The minimum Gasteiger partial charge on any atom is -0.349 e. The summed E-state index contributed by atoms with van der Waals surface area (Å²) in [6.45, 7) is 21.1. The number of rotatable bonds is 7. The lowest BCUT2D eigenvalue weighted by atomic mass is 9.86. The molecule has 0 spiro atoms. The van der Waals surface area contributed by atoms with Crippen molar-refractivity contribution < 1.29 is 9.47 Å². The van der Waals surface area contributed by atoms with Crippen LogP contribution < -0.4 is 0 Å². The van der Waals surface area contributed by atoms with Gasteiger partial charge in [0.05, 0.1) is 13.2 Å². The fourth-order valence-corrected chi connectivity index (χ4v) is 1.71. The van der Waals surface area contributed by atoms with Crippen molar-refractivity contribution in [1.82, 2.24) is 0 Å². The molecule has 0 amide bonds. The van der Waals surface area contributed by atoms with Crippen LogP contribution in [-0.4, -0.2) is 19.0 Å². The molecule has 0 saturated carbocycles. The molecule has 2 atom stereocenters. The van der Waals surface area contributed by atoms with Gasteiger partial charge in [0.2, 0.25) is 0 Å². The monoisotopic (exact) mass is 272 g/mol. The highest BCUT2D eigenvalue weighted by Crippen LogP contribution is 2.36. The summed E-state index contributed by atoms with van der Waals surface area (Å²) in [6, 6.07) is 0. The van der Waals surface area contributed by atoms with Gasteiger partial charge in [0.1, 0.15) is 0 Å². The Morgan fingerprint density at radius 1 is 0.895 bits per heavy atom. The smallest absolute Gasteiger partial charge is 0.170 e. The summed E-state index contributed by atoms with van der Waals surface area (Å²) in [6.07, 6.45) is 2.42. The van der Waals surface area contributed by atoms with Crippen LogP contribution in [0.4, 0.5) is 0 Å². The Morgan fingerprint density at radius 3 is 1.79 bits per heavy atom. The minimum atomic E-state index is -0.526. The van der Waals surface area contributed by atoms with Gasteiger partial charge >= 0.3 is 0 Å². The lowest BCUT2D eigenvalue weighted by molar-refractivity contribution is -0.289. The molecule has 0 aliphatic rings. The van der Waals surface area contributed by atoms with Crippen molar-refractivity contribution in [2.45, 2.75) is 80.9 Å². The normalized spacial score (nSPS) is 18.2. The molecule has 0 aromatic rings. The summed E-state index contributed by atoms with van der Waals surface area (Å²) in [7, 11) is 0. The highest BCUT2D eigenvalue weighted by Gasteiger charge is 2.40. The molecule has 0 N–H and O–H groups in total. The number of ether oxygens (including phenoxy) is 2. The van der Waals surface area contributed by atoms with Gasteiger partial charge in [-0.25, -0.2) is 0 Å². The Kier molecular flexibility index (Phi) is 7.05. The molecule has 0 aliphatic heterocycles. The van der Waals surface area contributed by atoms with E-state index in [-0.39, 0.29) is 10.8 Å². The first kappa shape index (κ1) is 18.9. The Balaban J connectivity index is 4.62. The van der Waals surface area contributed by atoms with Gasteiger partial charge in [-0.2, -0.15) is 0 Å². The predicted octanol–water partition coefficient (Wildman–Crippen LogP) is 5.26. The van der Waals surface area contributed by atoms with Crippen LogP contribution in [0.1, 0.15) is 75.2 Å². The van der Waals surface area contributed by atoms with Crippen molar-refractivity contribution in [3.8, 4) is 0 Å². The third kappa shape index (κ3) is 7.31. The molecule has 0 aromatic heterocycles. The molecule has 0 bridgehead atoms. The molecule has 0 aromatic carbocycles. The fraction of sp³-hybridized carbons (Fsp3) is 1.00. The first-order valence-electron chi connectivity index (χ1n) is 7.69. The van der Waals surface area contributed by atoms with Crippen LogP contribution in [-0.2, 0) is 9.47 Å². The molecule has 0 saturated heterocycles. The molecule has 0 rings (SSSR count). The van der Waals surface area contributed by atoms with E-state index in [9.17, 15) is 0 Å². The van der Waals surface area contributed by atoms with Crippen LogP contribution >= 0.6 is 0 Å². The van der Waals surface area contributed by atoms with E-state index in [0.717, 1.165) is 6.61 Å². The van der Waals surface area contributed by atoms with Gasteiger partial charge in [0, 0.05) is 5.41 Å². The van der Waals surface area contributed by atoms with Gasteiger partial charge in [-0.3, -0.25) is 0 Å². The standard InChI is InChI=1S/C17H36O2/c1-10-11-14(2)12-18-17(9,16(6,7)8)19-13-15(3,4)5/h14H,10-13H2,1-9H3. The predicted molar refractivity (Wildman–Crippen MR) is 83.3 cm³/mol. The molecule has 2 nitrogen and oxygen atoms in total. The zero-order valence-electron chi connectivity index (χ0n) is 14.7. The zero-order chi connectivity index (χ0) is 15.3. The molecule has 116 valence electrons. The van der Waals surface area contributed by atoms with Crippen molar-refractivity contribution in [1.29, 1.82) is 0 Å². The Hall–Kier alpha value is -0.0800. The fourth-order valence-electron chi connectivity index (χ4n) is 1.71. The quantitative estimate of drug-likeness (QED) is 0.588. The first-order chi connectivity index (χ1) is 8.41. The first-order valence-corrected chi connectivity index (χ1v) is 7.69. The SMILES string of the molecule is CCCC(C)COC(C)(OCC(C)(C)C)C(C)(C)C. The maximum absolute atomic E-state index is 6.18. The molecule has 0 heterocycles. The van der Waals surface area contributed by atoms with Gasteiger partial charge in [-0.05, 0) is 24.7 Å². The summed E-state index contributed by atoms with van der Waals surface area (Å²) in [5.41, 5.74) is 0.120. The third-order valence-corrected chi connectivity index (χ3v) is 3.57. The number of hydrogen-bond acceptors (Lipinski definition) is 2. The summed E-state index contributed by atoms with van der Waals surface area (Å²) < 4.78 is 12.3. The highest BCUT2D eigenvalue weighted by atomic mass is 16.7. The van der Waals surface area contributed by atoms with Gasteiger partial charge in [0.25, 0.3) is 0 Å².